The first kappa shape index (κ1) is 30.6. The van der Waals surface area contributed by atoms with E-state index in [1.807, 2.05) is 24.3 Å². The van der Waals surface area contributed by atoms with E-state index in [-0.39, 0.29) is 28.6 Å². The highest BCUT2D eigenvalue weighted by atomic mass is 19.1. The summed E-state index contributed by atoms with van der Waals surface area (Å²) in [5.41, 5.74) is 1.55. The fourth-order valence-electron chi connectivity index (χ4n) is 9.22. The fourth-order valence-corrected chi connectivity index (χ4v) is 9.22. The lowest BCUT2D eigenvalue weighted by Crippen LogP contribution is -2.51. The van der Waals surface area contributed by atoms with Crippen LogP contribution in [0.1, 0.15) is 56.9 Å². The van der Waals surface area contributed by atoms with Crippen molar-refractivity contribution < 1.29 is 24.1 Å². The molecule has 5 heterocycles. The number of hydrogen-bond donors (Lipinski definition) is 3. The number of benzene rings is 3. The molecule has 4 aromatic rings. The van der Waals surface area contributed by atoms with Crippen molar-refractivity contribution in [1.29, 1.82) is 0 Å². The third kappa shape index (κ3) is 5.35. The van der Waals surface area contributed by atoms with Crippen LogP contribution in [0.25, 0.3) is 32.8 Å². The second-order valence-electron chi connectivity index (χ2n) is 15.1. The Morgan fingerprint density at radius 2 is 1.80 bits per heavy atom. The number of aliphatic carboxylic acids is 1. The van der Waals surface area contributed by atoms with Crippen LogP contribution in [0.5, 0.6) is 11.8 Å². The van der Waals surface area contributed by atoms with E-state index < -0.39 is 11.8 Å². The number of rotatable bonds is 8. The molecule has 252 valence electrons. The van der Waals surface area contributed by atoms with Gasteiger partial charge in [0.25, 0.3) is 0 Å². The first-order chi connectivity index (χ1) is 23.8. The SMILES string of the molecule is C#Cc1cccc2cc(O)cc(-c3ccc4c(N5CC6CCC(C5)N6)nc(OCC5(CN6C7CCC6CC(C(=O)O)C7)CC5)nc4c3F)c12. The van der Waals surface area contributed by atoms with E-state index in [4.69, 9.17) is 21.1 Å². The van der Waals surface area contributed by atoms with Crippen LogP contribution in [0.15, 0.2) is 42.5 Å². The van der Waals surface area contributed by atoms with Gasteiger partial charge in [0.05, 0.1) is 12.5 Å². The van der Waals surface area contributed by atoms with Gasteiger partial charge in [-0.3, -0.25) is 9.69 Å². The Bertz CT molecular complexity index is 2020. The summed E-state index contributed by atoms with van der Waals surface area (Å²) >= 11 is 0. The Labute approximate surface area is 284 Å². The van der Waals surface area contributed by atoms with Gasteiger partial charge < -0.3 is 25.2 Å². The number of nitrogens with one attached hydrogen (secondary N) is 1. The molecule has 1 aliphatic carbocycles. The van der Waals surface area contributed by atoms with Crippen molar-refractivity contribution in [3.8, 4) is 35.2 Å². The number of aromatic hydroxyl groups is 1. The number of fused-ring (bicyclic) bond motifs is 6. The zero-order chi connectivity index (χ0) is 33.4. The van der Waals surface area contributed by atoms with E-state index in [1.54, 1.807) is 18.2 Å². The quantitative estimate of drug-likeness (QED) is 0.205. The molecule has 9 nitrogen and oxygen atoms in total. The molecule has 0 amide bonds. The molecule has 4 saturated heterocycles. The summed E-state index contributed by atoms with van der Waals surface area (Å²) in [6, 6.07) is 13.8. The number of carboxylic acids is 1. The van der Waals surface area contributed by atoms with Crippen molar-refractivity contribution in [1.82, 2.24) is 20.2 Å². The number of aromatic nitrogens is 2. The maximum absolute atomic E-state index is 17.0. The normalized spacial score (nSPS) is 27.0. The number of anilines is 1. The molecule has 5 aliphatic rings. The highest BCUT2D eigenvalue weighted by Gasteiger charge is 2.51. The molecule has 1 aromatic heterocycles. The smallest absolute Gasteiger partial charge is 0.319 e. The molecule has 3 aromatic carbocycles. The van der Waals surface area contributed by atoms with Crippen LogP contribution in [-0.4, -0.2) is 81.5 Å². The molecule has 1 saturated carbocycles. The Kier molecular flexibility index (Phi) is 7.22. The van der Waals surface area contributed by atoms with E-state index in [2.05, 4.69) is 21.0 Å². The number of piperidine rings is 1. The van der Waals surface area contributed by atoms with Crippen LogP contribution < -0.4 is 15.0 Å². The first-order valence-electron chi connectivity index (χ1n) is 17.6. The minimum Gasteiger partial charge on any atom is -0.508 e. The number of halogens is 1. The van der Waals surface area contributed by atoms with Gasteiger partial charge in [0.15, 0.2) is 5.82 Å². The number of nitrogens with zero attached hydrogens (tertiary/aromatic N) is 4. The summed E-state index contributed by atoms with van der Waals surface area (Å²) in [6.07, 6.45) is 13.6. The van der Waals surface area contributed by atoms with Gasteiger partial charge in [-0.25, -0.2) is 4.39 Å². The highest BCUT2D eigenvalue weighted by Crippen LogP contribution is 2.50. The zero-order valence-corrected chi connectivity index (χ0v) is 27.4. The number of phenols is 1. The maximum Gasteiger partial charge on any atom is 0.319 e. The predicted molar refractivity (Wildman–Crippen MR) is 185 cm³/mol. The van der Waals surface area contributed by atoms with E-state index in [0.29, 0.717) is 76.9 Å². The Balaban J connectivity index is 1.08. The molecule has 3 N–H and O–H groups in total. The Morgan fingerprint density at radius 1 is 1.04 bits per heavy atom. The summed E-state index contributed by atoms with van der Waals surface area (Å²) < 4.78 is 23.4. The van der Waals surface area contributed by atoms with E-state index in [1.165, 1.54) is 0 Å². The lowest BCUT2D eigenvalue weighted by molar-refractivity contribution is -0.144. The first-order valence-corrected chi connectivity index (χ1v) is 17.6. The van der Waals surface area contributed by atoms with E-state index in [0.717, 1.165) is 63.5 Å². The fraction of sp³-hybridized carbons (Fsp3) is 0.462. The standard InChI is InChI=1S/C39H40FN5O4/c1-2-22-4-3-5-23-16-29(46)17-32(33(22)23)30-10-11-31-35(34(30)40)42-38(43-36(31)44-18-25-6-7-26(19-44)41-25)49-21-39(12-13-39)20-45-27-8-9-28(45)15-24(14-27)37(47)48/h1,3-5,10-11,16-17,24-28,41,46H,6-9,12-15,18-21H2,(H,47,48). The Hall–Kier alpha value is -4.46. The molecule has 0 spiro atoms. The third-order valence-corrected chi connectivity index (χ3v) is 11.9. The third-order valence-electron chi connectivity index (χ3n) is 11.9. The maximum atomic E-state index is 17.0. The van der Waals surface area contributed by atoms with Gasteiger partial charge in [-0.1, -0.05) is 24.1 Å². The van der Waals surface area contributed by atoms with Crippen molar-refractivity contribution in [3.05, 3.63) is 53.8 Å². The van der Waals surface area contributed by atoms with Crippen molar-refractivity contribution >= 4 is 33.5 Å². The van der Waals surface area contributed by atoms with Crippen molar-refractivity contribution in [2.45, 2.75) is 75.5 Å². The van der Waals surface area contributed by atoms with Crippen molar-refractivity contribution in [2.24, 2.45) is 11.3 Å². The number of hydrogen-bond acceptors (Lipinski definition) is 8. The monoisotopic (exact) mass is 661 g/mol. The minimum atomic E-state index is -0.674. The number of terminal acetylenes is 1. The largest absolute Gasteiger partial charge is 0.508 e. The number of carboxylic acid groups (broad SMARTS) is 1. The van der Waals surface area contributed by atoms with Crippen LogP contribution in [0, 0.1) is 29.5 Å². The molecule has 0 radical (unpaired) electrons. The van der Waals surface area contributed by atoms with Crippen LogP contribution >= 0.6 is 0 Å². The average molecular weight is 662 g/mol. The molecule has 49 heavy (non-hydrogen) atoms. The Morgan fingerprint density at radius 3 is 2.49 bits per heavy atom. The number of carbonyl (C=O) groups is 1. The van der Waals surface area contributed by atoms with Crippen LogP contribution in [0.4, 0.5) is 10.2 Å². The van der Waals surface area contributed by atoms with Gasteiger partial charge in [-0.05, 0) is 86.6 Å². The predicted octanol–water partition coefficient (Wildman–Crippen LogP) is 5.70. The topological polar surface area (TPSA) is 111 Å². The summed E-state index contributed by atoms with van der Waals surface area (Å²) in [6.45, 7) is 2.84. The minimum absolute atomic E-state index is 0.0233. The average Bonchev–Trinajstić information content (AvgIpc) is 3.74. The van der Waals surface area contributed by atoms with Crippen molar-refractivity contribution in [3.63, 3.8) is 0 Å². The second-order valence-corrected chi connectivity index (χ2v) is 15.1. The number of piperazine rings is 1. The molecule has 5 fully saturated rings. The highest BCUT2D eigenvalue weighted by molar-refractivity contribution is 6.04. The van der Waals surface area contributed by atoms with Gasteiger partial charge >= 0.3 is 12.0 Å². The molecule has 4 aliphatic heterocycles. The summed E-state index contributed by atoms with van der Waals surface area (Å²) in [7, 11) is 0. The number of phenolic OH excluding ortho intramolecular Hbond substituents is 1. The van der Waals surface area contributed by atoms with Gasteiger partial charge in [0.1, 0.15) is 17.1 Å². The van der Waals surface area contributed by atoms with Gasteiger partial charge in [0.2, 0.25) is 0 Å². The molecule has 4 bridgehead atoms. The van der Waals surface area contributed by atoms with E-state index >= 15 is 4.39 Å². The summed E-state index contributed by atoms with van der Waals surface area (Å²) in [5.74, 6) is 1.98. The van der Waals surface area contributed by atoms with E-state index in [9.17, 15) is 15.0 Å². The number of ether oxygens (including phenoxy) is 1. The van der Waals surface area contributed by atoms with Crippen LogP contribution in [0.2, 0.25) is 0 Å². The molecular weight excluding hydrogens is 621 g/mol. The summed E-state index contributed by atoms with van der Waals surface area (Å²) in [4.78, 5) is 26.2. The lowest BCUT2D eigenvalue weighted by atomic mass is 9.89. The summed E-state index contributed by atoms with van der Waals surface area (Å²) in [5, 5.41) is 26.0. The van der Waals surface area contributed by atoms with Crippen LogP contribution in [0.3, 0.4) is 0 Å². The molecule has 4 atom stereocenters. The molecular formula is C39H40FN5O4. The molecule has 10 heteroatoms. The second kappa shape index (κ2) is 11.6. The van der Waals surface area contributed by atoms with Gasteiger partial charge in [0, 0.05) is 71.1 Å². The van der Waals surface area contributed by atoms with Crippen molar-refractivity contribution in [2.75, 3.05) is 31.1 Å². The molecule has 9 rings (SSSR count). The van der Waals surface area contributed by atoms with Crippen LogP contribution in [-0.2, 0) is 4.79 Å². The van der Waals surface area contributed by atoms with Gasteiger partial charge in [-0.2, -0.15) is 9.97 Å². The lowest BCUT2D eigenvalue weighted by Gasteiger charge is -2.39. The van der Waals surface area contributed by atoms with Gasteiger partial charge in [-0.15, -0.1) is 6.42 Å². The molecule has 4 unspecified atom stereocenters. The zero-order valence-electron chi connectivity index (χ0n) is 27.4.